The molecule has 0 heterocycles. The first kappa shape index (κ1) is 21.8. The molecule has 0 N–H and O–H groups in total. The van der Waals surface area contributed by atoms with Crippen molar-refractivity contribution < 1.29 is 0 Å². The molecule has 0 aliphatic rings. The van der Waals surface area contributed by atoms with Gasteiger partial charge in [0.25, 0.3) is 0 Å². The molecule has 0 spiro atoms. The molecule has 0 aliphatic carbocycles. The Bertz CT molecular complexity index is 76.6. The second-order valence-corrected chi connectivity index (χ2v) is 35.2. The third kappa shape index (κ3) is 62.0. The van der Waals surface area contributed by atoms with Gasteiger partial charge in [0, 0.05) is 0 Å². The Morgan fingerprint density at radius 2 is 0.571 bits per heavy atom. The van der Waals surface area contributed by atoms with Crippen LogP contribution in [0, 0.1) is 0 Å². The fraction of sp³-hybridized carbons (Fsp3) is 1.00. The molecular weight excluding hydrogens is 412 g/mol. The molecule has 0 rings (SSSR count). The first-order valence-electron chi connectivity index (χ1n) is 5.71. The monoisotopic (exact) mass is 444 g/mol. The molecule has 0 fully saturated rings. The molecule has 0 bridgehead atoms. The fourth-order valence-corrected chi connectivity index (χ4v) is 0. The minimum atomic E-state index is -0.637. The van der Waals surface area contributed by atoms with Gasteiger partial charge in [-0.3, -0.25) is 0 Å². The summed E-state index contributed by atoms with van der Waals surface area (Å²) in [6, 6.07) is 0. The van der Waals surface area contributed by atoms with Gasteiger partial charge in [-0.25, -0.2) is 0 Å². The normalized spacial score (nSPS) is 8.57. The molecule has 0 saturated heterocycles. The molecule has 4 heteroatoms. The third-order valence-corrected chi connectivity index (χ3v) is 9.00. The Kier molecular flexibility index (Phi) is 24.3. The molecule has 86 valence electrons. The Morgan fingerprint density at radius 1 is 0.500 bits per heavy atom. The van der Waals surface area contributed by atoms with Crippen LogP contribution >= 0.6 is 15.2 Å². The summed E-state index contributed by atoms with van der Waals surface area (Å²) in [4.78, 5) is 0. The summed E-state index contributed by atoms with van der Waals surface area (Å²) in [5, 5.41) is 0. The molecule has 0 nitrogen and oxygen atoms in total. The van der Waals surface area contributed by atoms with Crippen molar-refractivity contribution in [2.75, 3.05) is 26.7 Å². The van der Waals surface area contributed by atoms with Crippen molar-refractivity contribution in [3.05, 3.63) is 0 Å². The van der Waals surface area contributed by atoms with Crippen LogP contribution in [-0.4, -0.2) is 69.5 Å². The maximum absolute atomic E-state index is 2.39. The number of rotatable bonds is 1. The van der Waals surface area contributed by atoms with Crippen molar-refractivity contribution in [3.63, 3.8) is 0 Å². The molecule has 0 aromatic heterocycles. The average molecular weight is 444 g/mol. The van der Waals surface area contributed by atoms with E-state index in [0.717, 1.165) is 0 Å². The Labute approximate surface area is 111 Å². The van der Waals surface area contributed by atoms with Gasteiger partial charge in [-0.15, -0.1) is 0 Å². The Morgan fingerprint density at radius 3 is 0.571 bits per heavy atom. The maximum atomic E-state index is 2.39. The number of hydrogen-bond donors (Lipinski definition) is 0. The predicted molar refractivity (Wildman–Crippen MR) is 87.0 cm³/mol. The van der Waals surface area contributed by atoms with E-state index in [9.17, 15) is 0 Å². The zero-order chi connectivity index (χ0) is 12.3. The van der Waals surface area contributed by atoms with Crippen LogP contribution in [-0.2, 0) is 0 Å². The minimum absolute atomic E-state index is 0.150. The van der Waals surface area contributed by atoms with Crippen molar-refractivity contribution in [2.45, 2.75) is 28.1 Å². The Balaban J connectivity index is -0.000000135. The second-order valence-electron chi connectivity index (χ2n) is 5.46. The van der Waals surface area contributed by atoms with Gasteiger partial charge in [0.1, 0.15) is 15.2 Å². The van der Waals surface area contributed by atoms with Crippen LogP contribution in [0.3, 0.4) is 0 Å². The molecule has 0 aromatic carbocycles. The van der Waals surface area contributed by atoms with E-state index in [1.807, 2.05) is 0 Å². The van der Waals surface area contributed by atoms with E-state index in [1.165, 1.54) is 0 Å². The summed E-state index contributed by atoms with van der Waals surface area (Å²) in [7, 11) is 0.300. The van der Waals surface area contributed by atoms with E-state index in [0.29, 0.717) is 0 Å². The van der Waals surface area contributed by atoms with Gasteiger partial charge < -0.3 is 0 Å². The van der Waals surface area contributed by atoms with Gasteiger partial charge in [-0.1, -0.05) is 0 Å². The fourth-order valence-electron chi connectivity index (χ4n) is 0. The van der Waals surface area contributed by atoms with E-state index in [4.69, 9.17) is 0 Å². The van der Waals surface area contributed by atoms with Crippen LogP contribution in [0.25, 0.3) is 0 Å². The van der Waals surface area contributed by atoms with Crippen LogP contribution < -0.4 is 0 Å². The summed E-state index contributed by atoms with van der Waals surface area (Å²) in [6.07, 6.45) is 0. The summed E-state index contributed by atoms with van der Waals surface area (Å²) >= 11 is -1.27. The van der Waals surface area contributed by atoms with Gasteiger partial charge in [-0.2, -0.15) is 0 Å². The van der Waals surface area contributed by atoms with Crippen LogP contribution in [0.4, 0.5) is 0 Å². The first-order valence-corrected chi connectivity index (χ1v) is 31.5. The van der Waals surface area contributed by atoms with E-state index in [-0.39, 0.29) is 15.2 Å². The second kappa shape index (κ2) is 15.6. The van der Waals surface area contributed by atoms with E-state index in [2.05, 4.69) is 54.7 Å². The summed E-state index contributed by atoms with van der Waals surface area (Å²) in [6.45, 7) is 9.55. The molecule has 14 heavy (non-hydrogen) atoms. The Hall–Kier alpha value is 2.60. The van der Waals surface area contributed by atoms with Crippen LogP contribution in [0.2, 0.25) is 28.1 Å². The molecule has 0 unspecified atom stereocenters. The molecule has 0 amide bonds. The first-order chi connectivity index (χ1) is 6.11. The van der Waals surface area contributed by atoms with Gasteiger partial charge in [0.05, 0.1) is 26.7 Å². The number of hydrogen-bond acceptors (Lipinski definition) is 0. The van der Waals surface area contributed by atoms with Crippen molar-refractivity contribution in [3.8, 4) is 0 Å². The topological polar surface area (TPSA) is 0 Å². The summed E-state index contributed by atoms with van der Waals surface area (Å²) in [5.74, 6) is 0. The van der Waals surface area contributed by atoms with Crippen molar-refractivity contribution >= 4 is 58.1 Å². The van der Waals surface area contributed by atoms with Crippen LogP contribution in [0.1, 0.15) is 0 Å². The van der Waals surface area contributed by atoms with Gasteiger partial charge in [0.15, 0.2) is 0 Å². The molecular formula is C10H32In2P2+2. The average Bonchev–Trinajstić information content (AvgIpc) is 1.83. The summed E-state index contributed by atoms with van der Waals surface area (Å²) < 4.78 is 14.3. The van der Waals surface area contributed by atoms with Crippen molar-refractivity contribution in [1.29, 1.82) is 0 Å². The summed E-state index contributed by atoms with van der Waals surface area (Å²) in [5.41, 5.74) is 0. The van der Waals surface area contributed by atoms with Crippen molar-refractivity contribution in [2.24, 2.45) is 0 Å². The molecule has 0 atom stereocenters. The molecule has 0 aromatic rings. The quantitative estimate of drug-likeness (QED) is 0.520. The molecule has 0 aliphatic heterocycles. The standard InChI is InChI=1S/C4H14P2.6CH3.2In/c1-5(2)6(3)4;;;;;;;;/h5-6H,1-4H3;6*1H3;;/q+2;;;;;;;;. The zero-order valence-electron chi connectivity index (χ0n) is 12.2. The zero-order valence-corrected chi connectivity index (χ0v) is 20.7. The van der Waals surface area contributed by atoms with Gasteiger partial charge in [0.2, 0.25) is 0 Å². The molecule has 0 radical (unpaired) electrons. The molecule has 0 saturated carbocycles. The van der Waals surface area contributed by atoms with E-state index >= 15 is 0 Å². The van der Waals surface area contributed by atoms with E-state index < -0.39 is 42.9 Å². The van der Waals surface area contributed by atoms with E-state index in [1.54, 1.807) is 0 Å². The SMILES string of the molecule is C[PH+](C)[PH+](C)C.[CH3][In]([CH3])[CH3].[CH3][In]([CH3])[CH3]. The van der Waals surface area contributed by atoms with Crippen LogP contribution in [0.5, 0.6) is 0 Å². The van der Waals surface area contributed by atoms with Crippen LogP contribution in [0.15, 0.2) is 0 Å². The third-order valence-electron chi connectivity index (χ3n) is 1.00. The van der Waals surface area contributed by atoms with Crippen molar-refractivity contribution in [1.82, 2.24) is 0 Å². The predicted octanol–water partition coefficient (Wildman–Crippen LogP) is 4.59. The van der Waals surface area contributed by atoms with Gasteiger partial charge >= 0.3 is 71.0 Å². The van der Waals surface area contributed by atoms with Gasteiger partial charge in [-0.05, 0) is 0 Å².